The second-order valence-corrected chi connectivity index (χ2v) is 7.72. The van der Waals surface area contributed by atoms with E-state index < -0.39 is 0 Å². The highest BCUT2D eigenvalue weighted by Crippen LogP contribution is 2.24. The first kappa shape index (κ1) is 17.9. The van der Waals surface area contributed by atoms with Gasteiger partial charge in [-0.15, -0.1) is 0 Å². The molecule has 4 nitrogen and oxygen atoms in total. The number of nitrogens with zero attached hydrogens (tertiary/aromatic N) is 1. The van der Waals surface area contributed by atoms with E-state index in [2.05, 4.69) is 22.3 Å². The van der Waals surface area contributed by atoms with Crippen molar-refractivity contribution < 1.29 is 9.59 Å². The molecule has 0 aromatic heterocycles. The number of piperidine rings is 1. The summed E-state index contributed by atoms with van der Waals surface area (Å²) in [6.07, 6.45) is 4.08. The van der Waals surface area contributed by atoms with Gasteiger partial charge >= 0.3 is 0 Å². The monoisotopic (exact) mass is 362 g/mol. The van der Waals surface area contributed by atoms with Gasteiger partial charge in [0.05, 0.1) is 6.54 Å². The van der Waals surface area contributed by atoms with E-state index in [0.29, 0.717) is 19.1 Å². The van der Waals surface area contributed by atoms with Gasteiger partial charge in [-0.3, -0.25) is 14.5 Å². The van der Waals surface area contributed by atoms with Gasteiger partial charge in [-0.2, -0.15) is 0 Å². The van der Waals surface area contributed by atoms with Crippen LogP contribution in [0.4, 0.5) is 0 Å². The lowest BCUT2D eigenvalue weighted by atomic mass is 9.89. The number of nitrogens with one attached hydrogen (secondary N) is 1. The number of hydrogen-bond donors (Lipinski definition) is 1. The van der Waals surface area contributed by atoms with E-state index in [1.54, 1.807) is 0 Å². The summed E-state index contributed by atoms with van der Waals surface area (Å²) < 4.78 is 0. The Balaban J connectivity index is 1.37. The minimum atomic E-state index is -0.0185. The molecule has 1 atom stereocenters. The Labute approximate surface area is 160 Å². The van der Waals surface area contributed by atoms with Crippen molar-refractivity contribution in [2.75, 3.05) is 19.6 Å². The zero-order valence-electron chi connectivity index (χ0n) is 15.6. The Bertz CT molecular complexity index is 797. The van der Waals surface area contributed by atoms with Crippen molar-refractivity contribution in [2.45, 2.75) is 31.7 Å². The van der Waals surface area contributed by atoms with E-state index in [1.807, 2.05) is 42.5 Å². The molecule has 2 fully saturated rings. The number of carbonyl (C=O) groups excluding carboxylic acids is 2. The second kappa shape index (κ2) is 8.05. The molecule has 4 heteroatoms. The molecule has 2 aromatic carbocycles. The number of likely N-dealkylation sites (tertiary alicyclic amines) is 1. The average Bonchev–Trinajstić information content (AvgIpc) is 3.52. The van der Waals surface area contributed by atoms with Crippen LogP contribution in [0.25, 0.3) is 11.1 Å². The van der Waals surface area contributed by atoms with Crippen LogP contribution in [0.3, 0.4) is 0 Å². The van der Waals surface area contributed by atoms with Gasteiger partial charge in [0.2, 0.25) is 5.91 Å². The van der Waals surface area contributed by atoms with Crippen molar-refractivity contribution in [3.8, 4) is 11.1 Å². The van der Waals surface area contributed by atoms with E-state index in [4.69, 9.17) is 0 Å². The summed E-state index contributed by atoms with van der Waals surface area (Å²) in [4.78, 5) is 27.1. The predicted octanol–water partition coefficient (Wildman–Crippen LogP) is 3.53. The molecule has 2 aromatic rings. The largest absolute Gasteiger partial charge is 0.352 e. The summed E-state index contributed by atoms with van der Waals surface area (Å²) in [5, 5.41) is 3.03. The molecule has 2 aliphatic rings. The zero-order chi connectivity index (χ0) is 18.6. The van der Waals surface area contributed by atoms with Crippen molar-refractivity contribution in [3.63, 3.8) is 0 Å². The summed E-state index contributed by atoms with van der Waals surface area (Å²) in [6.45, 7) is 1.99. The molecule has 1 aliphatic heterocycles. The first-order valence-corrected chi connectivity index (χ1v) is 9.90. The third kappa shape index (κ3) is 4.64. The molecule has 140 valence electrons. The number of carbonyl (C=O) groups is 2. The Hall–Kier alpha value is -2.46. The maximum Gasteiger partial charge on any atom is 0.234 e. The summed E-state index contributed by atoms with van der Waals surface area (Å²) in [7, 11) is 0. The number of rotatable bonds is 6. The lowest BCUT2D eigenvalue weighted by molar-refractivity contribution is -0.122. The Morgan fingerprint density at radius 1 is 0.926 bits per heavy atom. The number of hydrogen-bond acceptors (Lipinski definition) is 3. The van der Waals surface area contributed by atoms with Crippen molar-refractivity contribution >= 4 is 11.7 Å². The quantitative estimate of drug-likeness (QED) is 0.800. The minimum Gasteiger partial charge on any atom is -0.352 e. The fourth-order valence-electron chi connectivity index (χ4n) is 3.81. The van der Waals surface area contributed by atoms with Crippen LogP contribution in [0, 0.1) is 5.92 Å². The molecule has 1 saturated heterocycles. The highest BCUT2D eigenvalue weighted by atomic mass is 16.2. The Kier molecular flexibility index (Phi) is 5.35. The Morgan fingerprint density at radius 3 is 2.33 bits per heavy atom. The molecule has 0 spiro atoms. The summed E-state index contributed by atoms with van der Waals surface area (Å²) in [5.41, 5.74) is 3.04. The molecule has 1 saturated carbocycles. The van der Waals surface area contributed by atoms with Crippen LogP contribution in [-0.4, -0.2) is 42.3 Å². The molecule has 1 aliphatic carbocycles. The van der Waals surface area contributed by atoms with Gasteiger partial charge in [-0.05, 0) is 43.4 Å². The normalized spacial score (nSPS) is 20.2. The fraction of sp³-hybridized carbons (Fsp3) is 0.391. The van der Waals surface area contributed by atoms with Gasteiger partial charge in [0, 0.05) is 24.1 Å². The van der Waals surface area contributed by atoms with E-state index >= 15 is 0 Å². The molecule has 0 bridgehead atoms. The van der Waals surface area contributed by atoms with Crippen LogP contribution >= 0.6 is 0 Å². The van der Waals surface area contributed by atoms with Crippen LogP contribution in [0.2, 0.25) is 0 Å². The molecule has 1 N–H and O–H groups in total. The second-order valence-electron chi connectivity index (χ2n) is 7.72. The topological polar surface area (TPSA) is 49.4 Å². The van der Waals surface area contributed by atoms with Crippen LogP contribution < -0.4 is 5.32 Å². The lowest BCUT2D eigenvalue weighted by Crippen LogP contribution is -2.44. The van der Waals surface area contributed by atoms with Gasteiger partial charge in [0.15, 0.2) is 5.78 Å². The number of amides is 1. The summed E-state index contributed by atoms with van der Waals surface area (Å²) >= 11 is 0. The van der Waals surface area contributed by atoms with Crippen molar-refractivity contribution in [1.82, 2.24) is 10.2 Å². The molecule has 27 heavy (non-hydrogen) atoms. The van der Waals surface area contributed by atoms with Gasteiger partial charge in [0.25, 0.3) is 0 Å². The first-order valence-electron chi connectivity index (χ1n) is 9.90. The predicted molar refractivity (Wildman–Crippen MR) is 107 cm³/mol. The van der Waals surface area contributed by atoms with E-state index in [-0.39, 0.29) is 17.6 Å². The average molecular weight is 362 g/mol. The van der Waals surface area contributed by atoms with Crippen molar-refractivity contribution in [3.05, 3.63) is 60.2 Å². The van der Waals surface area contributed by atoms with Gasteiger partial charge in [-0.25, -0.2) is 0 Å². The highest BCUT2D eigenvalue weighted by Gasteiger charge is 2.29. The SMILES string of the molecule is O=C(CN1CCC[C@H](C(=O)c2ccc(-c3ccccc3)cc2)C1)NC1CC1. The third-order valence-corrected chi connectivity index (χ3v) is 5.46. The van der Waals surface area contributed by atoms with Crippen LogP contribution in [0.5, 0.6) is 0 Å². The zero-order valence-corrected chi connectivity index (χ0v) is 15.6. The van der Waals surface area contributed by atoms with Crippen LogP contribution in [0.1, 0.15) is 36.0 Å². The molecule has 1 heterocycles. The van der Waals surface area contributed by atoms with Gasteiger partial charge in [0.1, 0.15) is 0 Å². The molecule has 4 rings (SSSR count). The fourth-order valence-corrected chi connectivity index (χ4v) is 3.81. The first-order chi connectivity index (χ1) is 13.2. The van der Waals surface area contributed by atoms with Crippen molar-refractivity contribution in [2.24, 2.45) is 5.92 Å². The highest BCUT2D eigenvalue weighted by molar-refractivity contribution is 5.98. The Morgan fingerprint density at radius 2 is 1.63 bits per heavy atom. The van der Waals surface area contributed by atoms with Gasteiger partial charge < -0.3 is 5.32 Å². The van der Waals surface area contributed by atoms with Crippen molar-refractivity contribution in [1.29, 1.82) is 0 Å². The van der Waals surface area contributed by atoms with E-state index in [1.165, 1.54) is 0 Å². The molecular weight excluding hydrogens is 336 g/mol. The molecular formula is C23H26N2O2. The molecule has 0 radical (unpaired) electrons. The van der Waals surface area contributed by atoms with Gasteiger partial charge in [-0.1, -0.05) is 54.6 Å². The van der Waals surface area contributed by atoms with Crippen LogP contribution in [0.15, 0.2) is 54.6 Å². The summed E-state index contributed by atoms with van der Waals surface area (Å²) in [5.74, 6) is 0.273. The molecule has 1 amide bonds. The van der Waals surface area contributed by atoms with E-state index in [9.17, 15) is 9.59 Å². The number of ketones is 1. The molecule has 0 unspecified atom stereocenters. The van der Waals surface area contributed by atoms with E-state index in [0.717, 1.165) is 48.9 Å². The smallest absolute Gasteiger partial charge is 0.234 e. The maximum atomic E-state index is 12.9. The maximum absolute atomic E-state index is 12.9. The lowest BCUT2D eigenvalue weighted by Gasteiger charge is -2.31. The number of benzene rings is 2. The summed E-state index contributed by atoms with van der Waals surface area (Å²) in [6, 6.07) is 18.5. The third-order valence-electron chi connectivity index (χ3n) is 5.46. The standard InChI is InChI=1S/C23H26N2O2/c26-22(24-21-12-13-21)16-25-14-4-7-20(15-25)23(27)19-10-8-18(9-11-19)17-5-2-1-3-6-17/h1-3,5-6,8-11,20-21H,4,7,12-16H2,(H,24,26)/t20-/m0/s1. The minimum absolute atomic E-state index is 0.0185. The van der Waals surface area contributed by atoms with Crippen LogP contribution in [-0.2, 0) is 4.79 Å². The number of Topliss-reactive ketones (excluding diaryl/α,β-unsaturated/α-hetero) is 1.